The predicted octanol–water partition coefficient (Wildman–Crippen LogP) is -4.99. The first kappa shape index (κ1) is 17.0. The van der Waals surface area contributed by atoms with Gasteiger partial charge in [0.15, 0.2) is 0 Å². The van der Waals surface area contributed by atoms with Crippen LogP contribution in [0, 0.1) is 0 Å². The summed E-state index contributed by atoms with van der Waals surface area (Å²) in [4.78, 5) is 18.3. The Bertz CT molecular complexity index is 105. The van der Waals surface area contributed by atoms with E-state index in [0.717, 1.165) is 0 Å². The van der Waals surface area contributed by atoms with E-state index in [2.05, 4.69) is 11.5 Å². The zero-order valence-electron chi connectivity index (χ0n) is 5.70. The maximum atomic E-state index is 9.13. The second-order valence-electron chi connectivity index (χ2n) is 1.15. The first-order chi connectivity index (χ1) is 4.54. The van der Waals surface area contributed by atoms with Crippen molar-refractivity contribution >= 4 is 35.8 Å². The molecule has 0 bridgehead atoms. The monoisotopic (exact) mass is 268 g/mol. The van der Waals surface area contributed by atoms with Gasteiger partial charge in [0.1, 0.15) is 0 Å². The minimum atomic E-state index is -1.22. The molecule has 0 aliphatic carbocycles. The largest absolute Gasteiger partial charge is 2.00 e. The topological polar surface area (TPSA) is 132 Å². The first-order valence-corrected chi connectivity index (χ1v) is 2.34. The van der Waals surface area contributed by atoms with Crippen LogP contribution in [0.1, 0.15) is 0 Å². The third-order valence-corrected chi connectivity index (χ3v) is 0.333. The van der Waals surface area contributed by atoms with Crippen molar-refractivity contribution < 1.29 is 19.8 Å². The summed E-state index contributed by atoms with van der Waals surface area (Å²) in [6.45, 7) is -0.778. The Balaban J connectivity index is -0.000000107. The van der Waals surface area contributed by atoms with Gasteiger partial charge in [-0.25, -0.2) is 0 Å². The predicted molar refractivity (Wildman–Crippen MR) is 33.9 cm³/mol. The van der Waals surface area contributed by atoms with Crippen molar-refractivity contribution in [3.8, 4) is 0 Å². The Labute approximate surface area is 80.5 Å². The third-order valence-electron chi connectivity index (χ3n) is 0.333. The molecule has 0 unspecified atom stereocenters. The van der Waals surface area contributed by atoms with Crippen LogP contribution in [0.5, 0.6) is 0 Å². The molecule has 0 spiro atoms. The minimum Gasteiger partial charge on any atom is -0.549 e. The van der Waals surface area contributed by atoms with E-state index in [1.807, 2.05) is 0 Å². The number of hydrogen-bond donors (Lipinski definition) is 2. The Morgan fingerprint density at radius 1 is 1.00 bits per heavy atom. The van der Waals surface area contributed by atoms with Crippen LogP contribution in [0.25, 0.3) is 0 Å². The molecule has 62 valence electrons. The number of carboxylic acid groups (broad SMARTS) is 2. The number of carbonyl (C=O) groups is 2. The van der Waals surface area contributed by atoms with Gasteiger partial charge in [-0.1, -0.05) is 0 Å². The Morgan fingerprint density at radius 2 is 1.09 bits per heavy atom. The SMILES string of the molecule is NCC(=O)[O-].NCC(=O)[O-].[Sn+2]. The Morgan fingerprint density at radius 3 is 1.09 bits per heavy atom. The van der Waals surface area contributed by atoms with E-state index in [4.69, 9.17) is 19.8 Å². The average molecular weight is 267 g/mol. The average Bonchev–Trinajstić information content (AvgIpc) is 1.89. The van der Waals surface area contributed by atoms with Gasteiger partial charge in [0.25, 0.3) is 0 Å². The van der Waals surface area contributed by atoms with E-state index in [-0.39, 0.29) is 37.0 Å². The standard InChI is InChI=1S/2C2H5NO2.Sn/c2*3-1-2(4)5;/h2*1,3H2,(H,4,5);/q;;+2/p-2. The van der Waals surface area contributed by atoms with Crippen LogP contribution in [0.15, 0.2) is 0 Å². The van der Waals surface area contributed by atoms with Gasteiger partial charge < -0.3 is 31.3 Å². The Hall–Kier alpha value is -0.341. The molecule has 2 radical (unpaired) electrons. The normalized spacial score (nSPS) is 6.73. The van der Waals surface area contributed by atoms with Gasteiger partial charge in [0.2, 0.25) is 0 Å². The summed E-state index contributed by atoms with van der Waals surface area (Å²) >= 11 is 0. The first-order valence-electron chi connectivity index (χ1n) is 2.34. The number of nitrogens with two attached hydrogens (primary N) is 2. The molecule has 0 rings (SSSR count). The molecule has 0 amide bonds. The number of carbonyl (C=O) groups excluding carboxylic acids is 2. The molecule has 0 saturated carbocycles. The maximum Gasteiger partial charge on any atom is 2.00 e. The van der Waals surface area contributed by atoms with Crippen molar-refractivity contribution in [2.45, 2.75) is 0 Å². The molecule has 0 saturated heterocycles. The molecular formula is C4H8N2O4Sn. The molecule has 0 fully saturated rings. The van der Waals surface area contributed by atoms with Crippen molar-refractivity contribution in [2.24, 2.45) is 11.5 Å². The fraction of sp³-hybridized carbons (Fsp3) is 0.500. The smallest absolute Gasteiger partial charge is 0.549 e. The molecular weight excluding hydrogens is 259 g/mol. The van der Waals surface area contributed by atoms with Gasteiger partial charge >= 0.3 is 23.9 Å². The molecule has 0 aromatic rings. The van der Waals surface area contributed by atoms with Crippen molar-refractivity contribution in [2.75, 3.05) is 13.1 Å². The summed E-state index contributed by atoms with van der Waals surface area (Å²) in [6, 6.07) is 0. The van der Waals surface area contributed by atoms with Crippen LogP contribution < -0.4 is 21.7 Å². The summed E-state index contributed by atoms with van der Waals surface area (Å²) in [7, 11) is 0. The second-order valence-corrected chi connectivity index (χ2v) is 1.15. The summed E-state index contributed by atoms with van der Waals surface area (Å²) in [5.41, 5.74) is 9.02. The number of aliphatic carboxylic acids is 2. The fourth-order valence-electron chi connectivity index (χ4n) is 0. The van der Waals surface area contributed by atoms with Gasteiger partial charge in [0.05, 0.1) is 11.9 Å². The third kappa shape index (κ3) is 42.3. The van der Waals surface area contributed by atoms with Crippen LogP contribution in [-0.2, 0) is 9.59 Å². The number of hydrogen-bond acceptors (Lipinski definition) is 6. The van der Waals surface area contributed by atoms with E-state index >= 15 is 0 Å². The Kier molecular flexibility index (Phi) is 19.0. The van der Waals surface area contributed by atoms with Crippen molar-refractivity contribution in [3.63, 3.8) is 0 Å². The van der Waals surface area contributed by atoms with Gasteiger partial charge in [0, 0.05) is 13.1 Å². The van der Waals surface area contributed by atoms with Crippen LogP contribution in [0.2, 0.25) is 0 Å². The second kappa shape index (κ2) is 12.3. The zero-order chi connectivity index (χ0) is 8.57. The van der Waals surface area contributed by atoms with Gasteiger partial charge in [-0.3, -0.25) is 0 Å². The van der Waals surface area contributed by atoms with Crippen molar-refractivity contribution in [1.82, 2.24) is 0 Å². The van der Waals surface area contributed by atoms with Gasteiger partial charge in [-0.2, -0.15) is 0 Å². The molecule has 7 heteroatoms. The molecule has 4 N–H and O–H groups in total. The summed E-state index contributed by atoms with van der Waals surface area (Å²) < 4.78 is 0. The molecule has 0 heterocycles. The zero-order valence-corrected chi connectivity index (χ0v) is 8.56. The summed E-state index contributed by atoms with van der Waals surface area (Å²) in [5, 5.41) is 18.3. The van der Waals surface area contributed by atoms with E-state index in [0.29, 0.717) is 0 Å². The van der Waals surface area contributed by atoms with Gasteiger partial charge in [-0.05, 0) is 0 Å². The molecule has 0 aromatic carbocycles. The molecule has 6 nitrogen and oxygen atoms in total. The number of rotatable bonds is 2. The fourth-order valence-corrected chi connectivity index (χ4v) is 0. The minimum absolute atomic E-state index is 0. The van der Waals surface area contributed by atoms with E-state index < -0.39 is 11.9 Å². The number of carboxylic acids is 2. The van der Waals surface area contributed by atoms with Crippen molar-refractivity contribution in [3.05, 3.63) is 0 Å². The molecule has 0 aliphatic heterocycles. The van der Waals surface area contributed by atoms with E-state index in [1.54, 1.807) is 0 Å². The molecule has 0 aromatic heterocycles. The van der Waals surface area contributed by atoms with Crippen molar-refractivity contribution in [1.29, 1.82) is 0 Å². The molecule has 11 heavy (non-hydrogen) atoms. The van der Waals surface area contributed by atoms with Crippen LogP contribution in [-0.4, -0.2) is 48.9 Å². The van der Waals surface area contributed by atoms with Crippen LogP contribution >= 0.6 is 0 Å². The maximum absolute atomic E-state index is 9.13. The van der Waals surface area contributed by atoms with E-state index in [9.17, 15) is 0 Å². The van der Waals surface area contributed by atoms with Gasteiger partial charge in [-0.15, -0.1) is 0 Å². The quantitative estimate of drug-likeness (QED) is 0.481. The van der Waals surface area contributed by atoms with Crippen LogP contribution in [0.4, 0.5) is 0 Å². The molecule has 0 aliphatic rings. The summed E-state index contributed by atoms with van der Waals surface area (Å²) in [6.07, 6.45) is 0. The molecule has 0 atom stereocenters. The van der Waals surface area contributed by atoms with Crippen LogP contribution in [0.3, 0.4) is 0 Å². The summed E-state index contributed by atoms with van der Waals surface area (Å²) in [5.74, 6) is -2.44. The van der Waals surface area contributed by atoms with E-state index in [1.165, 1.54) is 0 Å².